The minimum Gasteiger partial charge on any atom is -0.354 e. The zero-order chi connectivity index (χ0) is 15.1. The summed E-state index contributed by atoms with van der Waals surface area (Å²) < 4.78 is 0. The SMILES string of the molecule is CC(C)Cc1nc(NC(=O)CCNc2ncccn2)n[nH]1. The van der Waals surface area contributed by atoms with Crippen LogP contribution in [0.15, 0.2) is 18.5 Å². The van der Waals surface area contributed by atoms with E-state index in [9.17, 15) is 4.79 Å². The molecule has 0 saturated heterocycles. The van der Waals surface area contributed by atoms with Crippen LogP contribution < -0.4 is 10.6 Å². The molecule has 0 aliphatic heterocycles. The smallest absolute Gasteiger partial charge is 0.248 e. The Morgan fingerprint density at radius 3 is 2.76 bits per heavy atom. The van der Waals surface area contributed by atoms with E-state index >= 15 is 0 Å². The van der Waals surface area contributed by atoms with E-state index in [1.54, 1.807) is 18.5 Å². The van der Waals surface area contributed by atoms with Gasteiger partial charge in [0.2, 0.25) is 17.8 Å². The number of hydrogen-bond donors (Lipinski definition) is 3. The van der Waals surface area contributed by atoms with Crippen molar-refractivity contribution in [3.63, 3.8) is 0 Å². The van der Waals surface area contributed by atoms with Gasteiger partial charge in [-0.25, -0.2) is 9.97 Å². The van der Waals surface area contributed by atoms with Crippen LogP contribution in [-0.2, 0) is 11.2 Å². The molecule has 0 radical (unpaired) electrons. The highest BCUT2D eigenvalue weighted by molar-refractivity contribution is 5.89. The monoisotopic (exact) mass is 289 g/mol. The molecule has 8 heteroatoms. The number of aromatic amines is 1. The Labute approximate surface area is 122 Å². The van der Waals surface area contributed by atoms with Gasteiger partial charge in [0, 0.05) is 31.8 Å². The Balaban J connectivity index is 1.73. The van der Waals surface area contributed by atoms with E-state index in [1.807, 2.05) is 0 Å². The van der Waals surface area contributed by atoms with Gasteiger partial charge < -0.3 is 5.32 Å². The highest BCUT2D eigenvalue weighted by Gasteiger charge is 2.08. The Hall–Kier alpha value is -2.51. The first-order valence-corrected chi connectivity index (χ1v) is 6.85. The average Bonchev–Trinajstić information content (AvgIpc) is 2.86. The van der Waals surface area contributed by atoms with Crippen molar-refractivity contribution in [2.75, 3.05) is 17.2 Å². The second kappa shape index (κ2) is 7.32. The van der Waals surface area contributed by atoms with Crippen molar-refractivity contribution in [3.8, 4) is 0 Å². The number of H-pyrrole nitrogens is 1. The number of nitrogens with one attached hydrogen (secondary N) is 3. The molecule has 0 unspecified atom stereocenters. The molecule has 0 aliphatic carbocycles. The first-order chi connectivity index (χ1) is 10.1. The van der Waals surface area contributed by atoms with Gasteiger partial charge in [-0.2, -0.15) is 4.98 Å². The third-order valence-electron chi connectivity index (χ3n) is 2.59. The normalized spacial score (nSPS) is 10.6. The van der Waals surface area contributed by atoms with Crippen LogP contribution in [0.25, 0.3) is 0 Å². The molecule has 2 aromatic heterocycles. The molecule has 112 valence electrons. The molecule has 8 nitrogen and oxygen atoms in total. The number of aromatic nitrogens is 5. The van der Waals surface area contributed by atoms with Crippen molar-refractivity contribution in [1.82, 2.24) is 25.1 Å². The molecule has 0 saturated carbocycles. The van der Waals surface area contributed by atoms with Crippen molar-refractivity contribution in [2.45, 2.75) is 26.7 Å². The summed E-state index contributed by atoms with van der Waals surface area (Å²) >= 11 is 0. The molecule has 0 aromatic carbocycles. The Bertz CT molecular complexity index is 567. The largest absolute Gasteiger partial charge is 0.354 e. The Morgan fingerprint density at radius 2 is 2.05 bits per heavy atom. The minimum atomic E-state index is -0.159. The van der Waals surface area contributed by atoms with Crippen molar-refractivity contribution < 1.29 is 4.79 Å². The van der Waals surface area contributed by atoms with Crippen LogP contribution in [0.5, 0.6) is 0 Å². The molecule has 3 N–H and O–H groups in total. The second-order valence-corrected chi connectivity index (χ2v) is 5.00. The Kier molecular flexibility index (Phi) is 5.19. The van der Waals surface area contributed by atoms with Crippen molar-refractivity contribution in [2.24, 2.45) is 5.92 Å². The molecule has 0 aliphatic rings. The lowest BCUT2D eigenvalue weighted by Gasteiger charge is -2.03. The summed E-state index contributed by atoms with van der Waals surface area (Å²) in [5, 5.41) is 12.4. The number of nitrogens with zero attached hydrogens (tertiary/aromatic N) is 4. The van der Waals surface area contributed by atoms with Crippen molar-refractivity contribution in [3.05, 3.63) is 24.3 Å². The molecule has 0 bridgehead atoms. The number of carbonyl (C=O) groups excluding carboxylic acids is 1. The molecule has 2 aromatic rings. The van der Waals surface area contributed by atoms with Gasteiger partial charge in [0.1, 0.15) is 5.82 Å². The van der Waals surface area contributed by atoms with Crippen LogP contribution in [0.4, 0.5) is 11.9 Å². The lowest BCUT2D eigenvalue weighted by Crippen LogP contribution is -2.17. The lowest BCUT2D eigenvalue weighted by molar-refractivity contribution is -0.116. The third-order valence-corrected chi connectivity index (χ3v) is 2.59. The highest BCUT2D eigenvalue weighted by atomic mass is 16.1. The zero-order valence-electron chi connectivity index (χ0n) is 12.1. The summed E-state index contributed by atoms with van der Waals surface area (Å²) in [4.78, 5) is 24.0. The number of amides is 1. The van der Waals surface area contributed by atoms with Crippen LogP contribution >= 0.6 is 0 Å². The fraction of sp³-hybridized carbons (Fsp3) is 0.462. The fourth-order valence-electron chi connectivity index (χ4n) is 1.69. The number of carbonyl (C=O) groups is 1. The van der Waals surface area contributed by atoms with Gasteiger partial charge in [-0.05, 0) is 12.0 Å². The van der Waals surface area contributed by atoms with Crippen molar-refractivity contribution >= 4 is 17.8 Å². The minimum absolute atomic E-state index is 0.159. The first-order valence-electron chi connectivity index (χ1n) is 6.85. The van der Waals surface area contributed by atoms with Gasteiger partial charge in [0.15, 0.2) is 0 Å². The quantitative estimate of drug-likeness (QED) is 0.707. The summed E-state index contributed by atoms with van der Waals surface area (Å²) in [5.74, 6) is 1.91. The van der Waals surface area contributed by atoms with Gasteiger partial charge in [0.25, 0.3) is 0 Å². The summed E-state index contributed by atoms with van der Waals surface area (Å²) in [6.45, 7) is 4.63. The maximum absolute atomic E-state index is 11.7. The van der Waals surface area contributed by atoms with E-state index in [2.05, 4.69) is 49.6 Å². The Morgan fingerprint density at radius 1 is 1.29 bits per heavy atom. The molecule has 2 rings (SSSR count). The van der Waals surface area contributed by atoms with Crippen molar-refractivity contribution in [1.29, 1.82) is 0 Å². The molecule has 0 spiro atoms. The molecule has 0 atom stereocenters. The van der Waals surface area contributed by atoms with Gasteiger partial charge >= 0.3 is 0 Å². The lowest BCUT2D eigenvalue weighted by atomic mass is 10.1. The van der Waals surface area contributed by atoms with Gasteiger partial charge in [-0.15, -0.1) is 5.10 Å². The average molecular weight is 289 g/mol. The molecule has 0 fully saturated rings. The standard InChI is InChI=1S/C13H19N7O/c1-9(2)8-10-17-13(20-19-10)18-11(21)4-7-16-12-14-5-3-6-15-12/h3,5-6,9H,4,7-8H2,1-2H3,(H,14,15,16)(H2,17,18,19,20,21). The van der Waals surface area contributed by atoms with Gasteiger partial charge in [-0.3, -0.25) is 15.2 Å². The predicted molar refractivity (Wildman–Crippen MR) is 78.7 cm³/mol. The highest BCUT2D eigenvalue weighted by Crippen LogP contribution is 2.05. The van der Waals surface area contributed by atoms with E-state index in [0.717, 1.165) is 12.2 Å². The zero-order valence-corrected chi connectivity index (χ0v) is 12.1. The van der Waals surface area contributed by atoms with E-state index in [-0.39, 0.29) is 12.3 Å². The molecular formula is C13H19N7O. The van der Waals surface area contributed by atoms with Crippen LogP contribution in [-0.4, -0.2) is 37.6 Å². The van der Waals surface area contributed by atoms with Gasteiger partial charge in [-0.1, -0.05) is 13.8 Å². The second-order valence-electron chi connectivity index (χ2n) is 5.00. The summed E-state index contributed by atoms with van der Waals surface area (Å²) in [7, 11) is 0. The maximum Gasteiger partial charge on any atom is 0.248 e. The first kappa shape index (κ1) is 14.9. The predicted octanol–water partition coefficient (Wildman–Crippen LogP) is 1.23. The third kappa shape index (κ3) is 5.17. The topological polar surface area (TPSA) is 108 Å². The fourth-order valence-corrected chi connectivity index (χ4v) is 1.69. The van der Waals surface area contributed by atoms with E-state index < -0.39 is 0 Å². The molecule has 2 heterocycles. The maximum atomic E-state index is 11.7. The van der Waals surface area contributed by atoms with E-state index in [4.69, 9.17) is 0 Å². The molecule has 1 amide bonds. The summed E-state index contributed by atoms with van der Waals surface area (Å²) in [6, 6.07) is 1.73. The van der Waals surface area contributed by atoms with E-state index in [0.29, 0.717) is 24.4 Å². The summed E-state index contributed by atoms with van der Waals surface area (Å²) in [5.41, 5.74) is 0. The molecule has 21 heavy (non-hydrogen) atoms. The van der Waals surface area contributed by atoms with Crippen LogP contribution in [0.1, 0.15) is 26.1 Å². The number of rotatable bonds is 7. The van der Waals surface area contributed by atoms with Crippen LogP contribution in [0, 0.1) is 5.92 Å². The summed E-state index contributed by atoms with van der Waals surface area (Å²) in [6.07, 6.45) is 4.36. The van der Waals surface area contributed by atoms with Crippen LogP contribution in [0.3, 0.4) is 0 Å². The molecular weight excluding hydrogens is 270 g/mol. The van der Waals surface area contributed by atoms with Gasteiger partial charge in [0.05, 0.1) is 0 Å². The number of anilines is 2. The van der Waals surface area contributed by atoms with E-state index in [1.165, 1.54) is 0 Å². The van der Waals surface area contributed by atoms with Crippen LogP contribution in [0.2, 0.25) is 0 Å². The number of hydrogen-bond acceptors (Lipinski definition) is 6.